The van der Waals surface area contributed by atoms with E-state index in [-0.39, 0.29) is 17.8 Å². The van der Waals surface area contributed by atoms with Gasteiger partial charge in [0, 0.05) is 11.3 Å². The molecule has 1 heterocycles. The third-order valence-corrected chi connectivity index (χ3v) is 5.58. The van der Waals surface area contributed by atoms with E-state index >= 15 is 0 Å². The first-order chi connectivity index (χ1) is 15.5. The molecular formula is C25H20N2O4S. The van der Waals surface area contributed by atoms with Crippen LogP contribution >= 0.6 is 11.8 Å². The van der Waals surface area contributed by atoms with Crippen molar-refractivity contribution >= 4 is 46.3 Å². The van der Waals surface area contributed by atoms with Crippen molar-refractivity contribution < 1.29 is 19.1 Å². The summed E-state index contributed by atoms with van der Waals surface area (Å²) in [7, 11) is 0. The van der Waals surface area contributed by atoms with Crippen LogP contribution in [0.2, 0.25) is 0 Å². The lowest BCUT2D eigenvalue weighted by Crippen LogP contribution is -2.27. The molecule has 0 bridgehead atoms. The van der Waals surface area contributed by atoms with Gasteiger partial charge >= 0.3 is 0 Å². The zero-order chi connectivity index (χ0) is 22.5. The fourth-order valence-electron chi connectivity index (χ4n) is 3.12. The number of imide groups is 1. The first kappa shape index (κ1) is 21.4. The molecule has 0 atom stereocenters. The number of thioether (sulfide) groups is 1. The van der Waals surface area contributed by atoms with Gasteiger partial charge < -0.3 is 10.1 Å². The van der Waals surface area contributed by atoms with Gasteiger partial charge in [0.05, 0.1) is 10.6 Å². The van der Waals surface area contributed by atoms with E-state index in [1.807, 2.05) is 37.3 Å². The quantitative estimate of drug-likeness (QED) is 0.526. The van der Waals surface area contributed by atoms with Crippen molar-refractivity contribution in [1.29, 1.82) is 0 Å². The number of aryl methyl sites for hydroxylation is 1. The van der Waals surface area contributed by atoms with Gasteiger partial charge in [0.25, 0.3) is 17.1 Å². The maximum absolute atomic E-state index is 12.8. The van der Waals surface area contributed by atoms with Gasteiger partial charge in [0.1, 0.15) is 5.75 Å². The van der Waals surface area contributed by atoms with E-state index in [9.17, 15) is 14.4 Å². The van der Waals surface area contributed by atoms with Gasteiger partial charge in [0.2, 0.25) is 0 Å². The summed E-state index contributed by atoms with van der Waals surface area (Å²) in [6, 6.07) is 23.3. The third-order valence-electron chi connectivity index (χ3n) is 4.71. The number of rotatable bonds is 6. The summed E-state index contributed by atoms with van der Waals surface area (Å²) < 4.78 is 5.70. The average molecular weight is 445 g/mol. The molecule has 3 aromatic carbocycles. The van der Waals surface area contributed by atoms with Gasteiger partial charge in [-0.15, -0.1) is 0 Å². The Morgan fingerprint density at radius 2 is 1.66 bits per heavy atom. The Morgan fingerprint density at radius 1 is 0.969 bits per heavy atom. The second-order valence-electron chi connectivity index (χ2n) is 7.09. The van der Waals surface area contributed by atoms with E-state index in [1.54, 1.807) is 54.6 Å². The van der Waals surface area contributed by atoms with E-state index in [1.165, 1.54) is 0 Å². The molecule has 6 nitrogen and oxygen atoms in total. The summed E-state index contributed by atoms with van der Waals surface area (Å²) in [4.78, 5) is 39.0. The lowest BCUT2D eigenvalue weighted by Gasteiger charge is -2.12. The molecule has 1 aliphatic rings. The molecule has 1 fully saturated rings. The van der Waals surface area contributed by atoms with Crippen LogP contribution in [0.25, 0.3) is 6.08 Å². The first-order valence-corrected chi connectivity index (χ1v) is 10.7. The Morgan fingerprint density at radius 3 is 2.41 bits per heavy atom. The molecule has 0 unspecified atom stereocenters. The molecule has 0 aliphatic carbocycles. The monoisotopic (exact) mass is 444 g/mol. The van der Waals surface area contributed by atoms with Crippen LogP contribution in [0.15, 0.2) is 83.8 Å². The highest BCUT2D eigenvalue weighted by Gasteiger charge is 2.36. The summed E-state index contributed by atoms with van der Waals surface area (Å²) >= 11 is 0.871. The molecular weight excluding hydrogens is 424 g/mol. The fraction of sp³-hybridized carbons (Fsp3) is 0.0800. The third kappa shape index (κ3) is 4.90. The Bertz CT molecular complexity index is 1190. The van der Waals surface area contributed by atoms with Crippen LogP contribution in [0.4, 0.5) is 16.2 Å². The van der Waals surface area contributed by atoms with E-state index in [0.717, 1.165) is 22.2 Å². The zero-order valence-electron chi connectivity index (χ0n) is 17.3. The van der Waals surface area contributed by atoms with Crippen molar-refractivity contribution in [3.63, 3.8) is 0 Å². The highest BCUT2D eigenvalue weighted by molar-refractivity contribution is 8.19. The molecule has 0 radical (unpaired) electrons. The largest absolute Gasteiger partial charge is 0.483 e. The SMILES string of the molecule is Cc1ccc(NC(=O)COc2ccccc2/C=C2/SC(=O)N(c3ccccc3)C2=O)cc1. The van der Waals surface area contributed by atoms with E-state index in [4.69, 9.17) is 4.74 Å². The summed E-state index contributed by atoms with van der Waals surface area (Å²) in [5.41, 5.74) is 2.92. The van der Waals surface area contributed by atoms with Gasteiger partial charge in [0.15, 0.2) is 6.61 Å². The van der Waals surface area contributed by atoms with Crippen molar-refractivity contribution in [2.75, 3.05) is 16.8 Å². The van der Waals surface area contributed by atoms with Crippen molar-refractivity contribution in [2.45, 2.75) is 6.92 Å². The van der Waals surface area contributed by atoms with Crippen molar-refractivity contribution in [3.05, 3.63) is 94.9 Å². The summed E-state index contributed by atoms with van der Waals surface area (Å²) in [6.07, 6.45) is 1.61. The first-order valence-electron chi connectivity index (χ1n) is 9.92. The summed E-state index contributed by atoms with van der Waals surface area (Å²) in [5.74, 6) is -0.246. The van der Waals surface area contributed by atoms with Crippen LogP contribution < -0.4 is 15.0 Å². The van der Waals surface area contributed by atoms with E-state index in [2.05, 4.69) is 5.32 Å². The lowest BCUT2D eigenvalue weighted by molar-refractivity contribution is -0.118. The van der Waals surface area contributed by atoms with Gasteiger partial charge in [-0.3, -0.25) is 14.4 Å². The average Bonchev–Trinajstić information content (AvgIpc) is 3.08. The number of benzene rings is 3. The van der Waals surface area contributed by atoms with Gasteiger partial charge in [-0.25, -0.2) is 4.90 Å². The molecule has 1 N–H and O–H groups in total. The maximum atomic E-state index is 12.8. The number of nitrogens with zero attached hydrogens (tertiary/aromatic N) is 1. The second kappa shape index (κ2) is 9.53. The van der Waals surface area contributed by atoms with Crippen LogP contribution in [0.1, 0.15) is 11.1 Å². The molecule has 160 valence electrons. The number of amides is 3. The topological polar surface area (TPSA) is 75.7 Å². The second-order valence-corrected chi connectivity index (χ2v) is 8.09. The maximum Gasteiger partial charge on any atom is 0.298 e. The number of hydrogen-bond donors (Lipinski definition) is 1. The van der Waals surface area contributed by atoms with Gasteiger partial charge in [-0.2, -0.15) is 0 Å². The molecule has 32 heavy (non-hydrogen) atoms. The zero-order valence-corrected chi connectivity index (χ0v) is 18.1. The molecule has 1 aliphatic heterocycles. The van der Waals surface area contributed by atoms with E-state index in [0.29, 0.717) is 27.6 Å². The Labute approximate surface area is 189 Å². The van der Waals surface area contributed by atoms with Crippen LogP contribution in [0.5, 0.6) is 5.75 Å². The Hall–Kier alpha value is -3.84. The van der Waals surface area contributed by atoms with E-state index < -0.39 is 5.91 Å². The number of ether oxygens (including phenoxy) is 1. The smallest absolute Gasteiger partial charge is 0.298 e. The summed E-state index contributed by atoms with van der Waals surface area (Å²) in [6.45, 7) is 1.78. The number of para-hydroxylation sites is 2. The van der Waals surface area contributed by atoms with Crippen molar-refractivity contribution in [3.8, 4) is 5.75 Å². The number of nitrogens with one attached hydrogen (secondary N) is 1. The number of anilines is 2. The molecule has 0 aromatic heterocycles. The predicted molar refractivity (Wildman–Crippen MR) is 127 cm³/mol. The number of carbonyl (C=O) groups is 3. The normalized spacial score (nSPS) is 14.7. The molecule has 1 saturated heterocycles. The fourth-order valence-corrected chi connectivity index (χ4v) is 3.95. The highest BCUT2D eigenvalue weighted by Crippen LogP contribution is 2.36. The summed E-state index contributed by atoms with van der Waals surface area (Å²) in [5, 5.41) is 2.42. The molecule has 0 saturated carbocycles. The minimum Gasteiger partial charge on any atom is -0.483 e. The standard InChI is InChI=1S/C25H20N2O4S/c1-17-11-13-19(14-12-17)26-23(28)16-31-21-10-6-5-7-18(21)15-22-24(29)27(25(30)32-22)20-8-3-2-4-9-20/h2-15H,16H2,1H3,(H,26,28)/b22-15+. The molecule has 3 amide bonds. The number of hydrogen-bond acceptors (Lipinski definition) is 5. The van der Waals surface area contributed by atoms with Crippen LogP contribution in [-0.2, 0) is 9.59 Å². The van der Waals surface area contributed by atoms with Crippen molar-refractivity contribution in [1.82, 2.24) is 0 Å². The van der Waals surface area contributed by atoms with Gasteiger partial charge in [-0.05, 0) is 55.1 Å². The lowest BCUT2D eigenvalue weighted by atomic mass is 10.2. The Kier molecular flexibility index (Phi) is 6.37. The number of carbonyl (C=O) groups excluding carboxylic acids is 3. The molecule has 3 aromatic rings. The molecule has 0 spiro atoms. The highest BCUT2D eigenvalue weighted by atomic mass is 32.2. The van der Waals surface area contributed by atoms with Crippen LogP contribution in [-0.4, -0.2) is 23.7 Å². The molecule has 7 heteroatoms. The van der Waals surface area contributed by atoms with Crippen molar-refractivity contribution in [2.24, 2.45) is 0 Å². The van der Waals surface area contributed by atoms with Gasteiger partial charge in [-0.1, -0.05) is 54.1 Å². The Balaban J connectivity index is 1.47. The molecule has 4 rings (SSSR count). The minimum absolute atomic E-state index is 0.190. The van der Waals surface area contributed by atoms with Crippen LogP contribution in [0, 0.1) is 6.92 Å². The van der Waals surface area contributed by atoms with Crippen LogP contribution in [0.3, 0.4) is 0 Å². The minimum atomic E-state index is -0.391. The predicted octanol–water partition coefficient (Wildman–Crippen LogP) is 5.25.